The molecule has 1 aromatic carbocycles. The number of carbonyl (C=O) groups excluding carboxylic acids is 1. The second-order valence-electron chi connectivity index (χ2n) is 8.22. The van der Waals surface area contributed by atoms with Crippen molar-refractivity contribution in [2.45, 2.75) is 24.7 Å². The van der Waals surface area contributed by atoms with Crippen LogP contribution < -0.4 is 15.4 Å². The van der Waals surface area contributed by atoms with E-state index >= 15 is 0 Å². The van der Waals surface area contributed by atoms with Crippen LogP contribution >= 0.6 is 0 Å². The Morgan fingerprint density at radius 2 is 1.83 bits per heavy atom. The van der Waals surface area contributed by atoms with E-state index in [9.17, 15) is 9.59 Å². The number of hydrogen-bond donors (Lipinski definition) is 1. The Bertz CT molecular complexity index is 993. The van der Waals surface area contributed by atoms with E-state index in [1.807, 2.05) is 28.0 Å². The molecule has 4 heterocycles. The number of aromatic nitrogens is 2. The third-order valence-electron chi connectivity index (χ3n) is 6.41. The van der Waals surface area contributed by atoms with Crippen LogP contribution in [0.5, 0.6) is 0 Å². The Morgan fingerprint density at radius 1 is 1.10 bits per heavy atom. The van der Waals surface area contributed by atoms with Crippen molar-refractivity contribution in [3.8, 4) is 0 Å². The van der Waals surface area contributed by atoms with Gasteiger partial charge in [-0.25, -0.2) is 4.98 Å². The zero-order chi connectivity index (χ0) is 20.6. The molecule has 1 aromatic heterocycles. The van der Waals surface area contributed by atoms with Gasteiger partial charge >= 0.3 is 0 Å². The van der Waals surface area contributed by atoms with Crippen LogP contribution in [0.25, 0.3) is 0 Å². The minimum Gasteiger partial charge on any atom is -0.381 e. The van der Waals surface area contributed by atoms with Gasteiger partial charge in [-0.2, -0.15) is 0 Å². The maximum Gasteiger partial charge on any atom is 0.252 e. The maximum atomic E-state index is 13.3. The molecular formula is C22H26N4O4. The number of ether oxygens (including phenoxy) is 2. The van der Waals surface area contributed by atoms with Gasteiger partial charge in [-0.15, -0.1) is 0 Å². The van der Waals surface area contributed by atoms with Gasteiger partial charge in [0.15, 0.2) is 0 Å². The van der Waals surface area contributed by atoms with E-state index in [2.05, 4.69) is 16.0 Å². The molecule has 0 unspecified atom stereocenters. The van der Waals surface area contributed by atoms with Crippen molar-refractivity contribution in [1.29, 1.82) is 0 Å². The molecule has 3 aliphatic heterocycles. The van der Waals surface area contributed by atoms with Crippen LogP contribution in [-0.2, 0) is 26.1 Å². The molecule has 0 atom stereocenters. The summed E-state index contributed by atoms with van der Waals surface area (Å²) in [7, 11) is 0. The summed E-state index contributed by atoms with van der Waals surface area (Å²) in [6, 6.07) is 9.64. The van der Waals surface area contributed by atoms with Gasteiger partial charge in [-0.3, -0.25) is 9.59 Å². The lowest BCUT2D eigenvalue weighted by molar-refractivity contribution is -0.118. The summed E-state index contributed by atoms with van der Waals surface area (Å²) in [5, 5.41) is 0. The summed E-state index contributed by atoms with van der Waals surface area (Å²) < 4.78 is 11.0. The van der Waals surface area contributed by atoms with Crippen molar-refractivity contribution in [2.75, 3.05) is 55.9 Å². The molecule has 30 heavy (non-hydrogen) atoms. The molecule has 0 radical (unpaired) electrons. The van der Waals surface area contributed by atoms with Crippen LogP contribution in [0.3, 0.4) is 0 Å². The third kappa shape index (κ3) is 3.50. The second kappa shape index (κ2) is 7.85. The molecular weight excluding hydrogens is 384 g/mol. The Morgan fingerprint density at radius 3 is 2.63 bits per heavy atom. The van der Waals surface area contributed by atoms with Crippen LogP contribution in [-0.4, -0.2) is 61.9 Å². The summed E-state index contributed by atoms with van der Waals surface area (Å²) in [6.45, 7) is 4.68. The minimum absolute atomic E-state index is 0.0407. The molecule has 0 aliphatic carbocycles. The average Bonchev–Trinajstić information content (AvgIpc) is 3.09. The van der Waals surface area contributed by atoms with Crippen molar-refractivity contribution in [3.05, 3.63) is 52.1 Å². The molecule has 0 bridgehead atoms. The zero-order valence-corrected chi connectivity index (χ0v) is 16.9. The lowest BCUT2D eigenvalue weighted by Gasteiger charge is -2.34. The molecule has 2 fully saturated rings. The first-order chi connectivity index (χ1) is 14.6. The van der Waals surface area contributed by atoms with Crippen LogP contribution in [0.15, 0.2) is 35.1 Å². The largest absolute Gasteiger partial charge is 0.381 e. The molecule has 1 amide bonds. The van der Waals surface area contributed by atoms with Crippen LogP contribution in [0.1, 0.15) is 24.2 Å². The van der Waals surface area contributed by atoms with Gasteiger partial charge in [0.2, 0.25) is 5.91 Å². The van der Waals surface area contributed by atoms with E-state index in [4.69, 9.17) is 9.47 Å². The minimum atomic E-state index is -0.239. The fourth-order valence-electron chi connectivity index (χ4n) is 4.81. The molecule has 5 rings (SSSR count). The summed E-state index contributed by atoms with van der Waals surface area (Å²) in [5.74, 6) is 0.958. The van der Waals surface area contributed by atoms with E-state index in [-0.39, 0.29) is 23.3 Å². The number of fused-ring (bicyclic) bond motifs is 2. The highest BCUT2D eigenvalue weighted by Gasteiger charge is 2.45. The molecule has 1 N–H and O–H groups in total. The molecule has 8 nitrogen and oxygen atoms in total. The Kier molecular flexibility index (Phi) is 5.04. The first-order valence-electron chi connectivity index (χ1n) is 10.6. The number of morpholine rings is 1. The summed E-state index contributed by atoms with van der Waals surface area (Å²) in [6.07, 6.45) is 1.89. The number of carbonyl (C=O) groups is 1. The quantitative estimate of drug-likeness (QED) is 0.819. The summed E-state index contributed by atoms with van der Waals surface area (Å²) in [5.41, 5.74) is 1.92. The van der Waals surface area contributed by atoms with Gasteiger partial charge in [0, 0.05) is 50.0 Å². The Balaban J connectivity index is 1.39. The summed E-state index contributed by atoms with van der Waals surface area (Å²) >= 11 is 0. The molecule has 8 heteroatoms. The zero-order valence-electron chi connectivity index (χ0n) is 16.9. The maximum absolute atomic E-state index is 13.3. The van der Waals surface area contributed by atoms with Crippen LogP contribution in [0.4, 0.5) is 11.5 Å². The van der Waals surface area contributed by atoms with Crippen molar-refractivity contribution in [1.82, 2.24) is 9.97 Å². The molecule has 2 saturated heterocycles. The van der Waals surface area contributed by atoms with E-state index in [0.29, 0.717) is 57.7 Å². The highest BCUT2D eigenvalue weighted by atomic mass is 16.5. The number of rotatable bonds is 3. The number of para-hydroxylation sites is 1. The number of aromatic amines is 1. The average molecular weight is 410 g/mol. The monoisotopic (exact) mass is 410 g/mol. The van der Waals surface area contributed by atoms with Gasteiger partial charge < -0.3 is 24.3 Å². The molecule has 2 aromatic rings. The fraction of sp³-hybridized carbons (Fsp3) is 0.500. The van der Waals surface area contributed by atoms with E-state index in [1.54, 1.807) is 0 Å². The number of nitrogens with one attached hydrogen (secondary N) is 1. The topological polar surface area (TPSA) is 87.8 Å². The van der Waals surface area contributed by atoms with Crippen LogP contribution in [0, 0.1) is 0 Å². The normalized spacial score (nSPS) is 20.4. The smallest absolute Gasteiger partial charge is 0.252 e. The molecule has 158 valence electrons. The number of anilines is 2. The predicted octanol–water partition coefficient (Wildman–Crippen LogP) is 1.24. The van der Waals surface area contributed by atoms with Crippen molar-refractivity contribution < 1.29 is 14.3 Å². The summed E-state index contributed by atoms with van der Waals surface area (Å²) in [4.78, 5) is 36.7. The van der Waals surface area contributed by atoms with Crippen LogP contribution in [0.2, 0.25) is 0 Å². The highest BCUT2D eigenvalue weighted by Crippen LogP contribution is 2.46. The van der Waals surface area contributed by atoms with Gasteiger partial charge in [-0.1, -0.05) is 18.2 Å². The van der Waals surface area contributed by atoms with E-state index in [1.165, 1.54) is 11.6 Å². The molecule has 3 aliphatic rings. The highest BCUT2D eigenvalue weighted by molar-refractivity contribution is 5.97. The fourth-order valence-corrected chi connectivity index (χ4v) is 4.81. The number of benzene rings is 1. The van der Waals surface area contributed by atoms with Gasteiger partial charge in [0.05, 0.1) is 19.6 Å². The SMILES string of the molecule is O=C(Cc1nc(N2CCOCC2)cc(=O)[nH]1)N1CC2(CCOCC2)c2ccccc21. The first kappa shape index (κ1) is 19.3. The number of H-pyrrole nitrogens is 1. The number of amides is 1. The van der Waals surface area contributed by atoms with Gasteiger partial charge in [0.25, 0.3) is 5.56 Å². The predicted molar refractivity (Wildman–Crippen MR) is 112 cm³/mol. The Hall–Kier alpha value is -2.71. The first-order valence-corrected chi connectivity index (χ1v) is 10.6. The lowest BCUT2D eigenvalue weighted by atomic mass is 9.76. The van der Waals surface area contributed by atoms with Crippen molar-refractivity contribution >= 4 is 17.4 Å². The molecule has 0 saturated carbocycles. The van der Waals surface area contributed by atoms with Crippen molar-refractivity contribution in [3.63, 3.8) is 0 Å². The lowest BCUT2D eigenvalue weighted by Crippen LogP contribution is -2.41. The Labute approximate surface area is 174 Å². The van der Waals surface area contributed by atoms with E-state index < -0.39 is 0 Å². The third-order valence-corrected chi connectivity index (χ3v) is 6.41. The van der Waals surface area contributed by atoms with Gasteiger partial charge in [0.1, 0.15) is 11.6 Å². The van der Waals surface area contributed by atoms with Crippen molar-refractivity contribution in [2.24, 2.45) is 0 Å². The number of hydrogen-bond acceptors (Lipinski definition) is 6. The number of nitrogens with zero attached hydrogens (tertiary/aromatic N) is 3. The standard InChI is InChI=1S/C22H26N4O4/c27-20-14-19(25-7-11-30-12-8-25)23-18(24-20)13-21(28)26-15-22(5-9-29-10-6-22)16-3-1-2-4-17(16)26/h1-4,14H,5-13,15H2,(H,23,24,27). The second-order valence-corrected chi connectivity index (χ2v) is 8.22. The van der Waals surface area contributed by atoms with Gasteiger partial charge in [-0.05, 0) is 24.5 Å². The molecule has 1 spiro atoms. The van der Waals surface area contributed by atoms with E-state index in [0.717, 1.165) is 18.5 Å².